The Labute approximate surface area is 98.2 Å². The van der Waals surface area contributed by atoms with Crippen molar-refractivity contribution < 1.29 is 8.42 Å². The summed E-state index contributed by atoms with van der Waals surface area (Å²) in [5, 5.41) is 11.0. The Morgan fingerprint density at radius 3 is 2.47 bits per heavy atom. The molecule has 1 aromatic carbocycles. The van der Waals surface area contributed by atoms with Gasteiger partial charge in [0.2, 0.25) is 0 Å². The first-order valence-electron chi connectivity index (χ1n) is 4.80. The first-order valence-corrected chi connectivity index (χ1v) is 6.69. The average Bonchev–Trinajstić information content (AvgIpc) is 2.76. The molecule has 0 fully saturated rings. The molecule has 0 saturated heterocycles. The molecular formula is C9H11N5O2S. The first-order chi connectivity index (χ1) is 8.02. The minimum Gasteiger partial charge on any atom is -0.324 e. The summed E-state index contributed by atoms with van der Waals surface area (Å²) in [6, 6.07) is 6.27. The van der Waals surface area contributed by atoms with E-state index in [0.717, 1.165) is 6.26 Å². The summed E-state index contributed by atoms with van der Waals surface area (Å²) >= 11 is 0. The van der Waals surface area contributed by atoms with Crippen molar-refractivity contribution in [1.82, 2.24) is 20.2 Å². The van der Waals surface area contributed by atoms with Gasteiger partial charge in [-0.3, -0.25) is 0 Å². The zero-order valence-electron chi connectivity index (χ0n) is 9.11. The summed E-state index contributed by atoms with van der Waals surface area (Å²) < 4.78 is 24.0. The van der Waals surface area contributed by atoms with Gasteiger partial charge in [0, 0.05) is 6.26 Å². The van der Waals surface area contributed by atoms with E-state index in [1.807, 2.05) is 0 Å². The largest absolute Gasteiger partial charge is 0.324 e. The van der Waals surface area contributed by atoms with E-state index in [2.05, 4.69) is 15.5 Å². The van der Waals surface area contributed by atoms with Crippen LogP contribution >= 0.6 is 0 Å². The van der Waals surface area contributed by atoms with Gasteiger partial charge < -0.3 is 5.73 Å². The number of nitrogens with two attached hydrogens (primary N) is 1. The molecule has 0 aliphatic heterocycles. The van der Waals surface area contributed by atoms with Crippen LogP contribution in [0.1, 0.15) is 5.82 Å². The van der Waals surface area contributed by atoms with Gasteiger partial charge in [-0.05, 0) is 34.7 Å². The summed E-state index contributed by atoms with van der Waals surface area (Å²) in [5.74, 6) is 0.511. The Hall–Kier alpha value is -1.80. The van der Waals surface area contributed by atoms with Crippen LogP contribution < -0.4 is 5.73 Å². The van der Waals surface area contributed by atoms with Crippen LogP contribution in [0.15, 0.2) is 29.2 Å². The Morgan fingerprint density at radius 2 is 1.94 bits per heavy atom. The van der Waals surface area contributed by atoms with Crippen molar-refractivity contribution in [3.63, 3.8) is 0 Å². The van der Waals surface area contributed by atoms with Crippen molar-refractivity contribution in [2.24, 2.45) is 5.73 Å². The maximum absolute atomic E-state index is 11.3. The zero-order valence-corrected chi connectivity index (χ0v) is 9.92. The Balaban J connectivity index is 2.43. The van der Waals surface area contributed by atoms with E-state index >= 15 is 0 Å². The molecular weight excluding hydrogens is 242 g/mol. The normalized spacial score (nSPS) is 11.6. The number of tetrazole rings is 1. The smallest absolute Gasteiger partial charge is 0.175 e. The fourth-order valence-electron chi connectivity index (χ4n) is 1.37. The van der Waals surface area contributed by atoms with Gasteiger partial charge in [-0.25, -0.2) is 8.42 Å². The van der Waals surface area contributed by atoms with Crippen LogP contribution in [0.4, 0.5) is 0 Å². The third-order valence-corrected chi connectivity index (χ3v) is 3.35. The highest BCUT2D eigenvalue weighted by Crippen LogP contribution is 2.13. The van der Waals surface area contributed by atoms with Gasteiger partial charge in [-0.2, -0.15) is 4.68 Å². The third-order valence-electron chi connectivity index (χ3n) is 2.23. The van der Waals surface area contributed by atoms with Crippen LogP contribution in [0, 0.1) is 0 Å². The number of nitrogens with zero attached hydrogens (tertiary/aromatic N) is 4. The monoisotopic (exact) mass is 253 g/mol. The van der Waals surface area contributed by atoms with Gasteiger partial charge >= 0.3 is 0 Å². The number of hydrogen-bond donors (Lipinski definition) is 1. The minimum atomic E-state index is -3.19. The van der Waals surface area contributed by atoms with E-state index in [0.29, 0.717) is 11.5 Å². The highest BCUT2D eigenvalue weighted by molar-refractivity contribution is 7.90. The van der Waals surface area contributed by atoms with E-state index in [1.54, 1.807) is 12.1 Å². The second-order valence-corrected chi connectivity index (χ2v) is 5.49. The molecule has 90 valence electrons. The molecule has 2 rings (SSSR count). The van der Waals surface area contributed by atoms with Gasteiger partial charge in [0.15, 0.2) is 15.7 Å². The van der Waals surface area contributed by atoms with Gasteiger partial charge in [-0.15, -0.1) is 5.10 Å². The lowest BCUT2D eigenvalue weighted by Crippen LogP contribution is -2.08. The lowest BCUT2D eigenvalue weighted by atomic mass is 10.3. The van der Waals surface area contributed by atoms with Gasteiger partial charge in [-0.1, -0.05) is 0 Å². The summed E-state index contributed by atoms with van der Waals surface area (Å²) in [5.41, 5.74) is 6.14. The molecule has 0 radical (unpaired) electrons. The molecule has 8 heteroatoms. The second-order valence-electron chi connectivity index (χ2n) is 3.48. The summed E-state index contributed by atoms with van der Waals surface area (Å²) in [6.45, 7) is 0.209. The van der Waals surface area contributed by atoms with Crippen LogP contribution in [0.2, 0.25) is 0 Å². The molecule has 0 amide bonds. The van der Waals surface area contributed by atoms with Crippen LogP contribution in [0.25, 0.3) is 5.69 Å². The molecule has 1 aromatic heterocycles. The van der Waals surface area contributed by atoms with Gasteiger partial charge in [0.25, 0.3) is 0 Å². The summed E-state index contributed by atoms with van der Waals surface area (Å²) in [6.07, 6.45) is 1.16. The summed E-state index contributed by atoms with van der Waals surface area (Å²) in [7, 11) is -3.19. The fourth-order valence-corrected chi connectivity index (χ4v) is 2.00. The topological polar surface area (TPSA) is 104 Å². The van der Waals surface area contributed by atoms with Gasteiger partial charge in [0.05, 0.1) is 17.1 Å². The van der Waals surface area contributed by atoms with Gasteiger partial charge in [0.1, 0.15) is 0 Å². The minimum absolute atomic E-state index is 0.209. The summed E-state index contributed by atoms with van der Waals surface area (Å²) in [4.78, 5) is 0.253. The van der Waals surface area contributed by atoms with Crippen LogP contribution in [-0.4, -0.2) is 34.9 Å². The molecule has 0 bridgehead atoms. The number of rotatable bonds is 3. The van der Waals surface area contributed by atoms with E-state index in [9.17, 15) is 8.42 Å². The molecule has 1 heterocycles. The second kappa shape index (κ2) is 4.22. The van der Waals surface area contributed by atoms with Crippen LogP contribution in [-0.2, 0) is 16.4 Å². The van der Waals surface area contributed by atoms with E-state index in [-0.39, 0.29) is 11.4 Å². The lowest BCUT2D eigenvalue weighted by Gasteiger charge is -2.03. The molecule has 0 saturated carbocycles. The van der Waals surface area contributed by atoms with Crippen LogP contribution in [0.3, 0.4) is 0 Å². The number of hydrogen-bond acceptors (Lipinski definition) is 6. The van der Waals surface area contributed by atoms with E-state index in [1.165, 1.54) is 16.8 Å². The molecule has 2 aromatic rings. The van der Waals surface area contributed by atoms with E-state index in [4.69, 9.17) is 5.73 Å². The maximum Gasteiger partial charge on any atom is 0.175 e. The lowest BCUT2D eigenvalue weighted by molar-refractivity contribution is 0.602. The predicted molar refractivity (Wildman–Crippen MR) is 60.2 cm³/mol. The van der Waals surface area contributed by atoms with E-state index < -0.39 is 9.84 Å². The fraction of sp³-hybridized carbons (Fsp3) is 0.222. The standard InChI is InChI=1S/C9H11N5O2S/c1-17(15,16)8-4-2-7(3-5-8)14-9(6-10)11-12-13-14/h2-5H,6,10H2,1H3. The molecule has 0 spiro atoms. The average molecular weight is 253 g/mol. The number of sulfone groups is 1. The SMILES string of the molecule is CS(=O)(=O)c1ccc(-n2nnnc2CN)cc1. The van der Waals surface area contributed by atoms with Crippen molar-refractivity contribution in [1.29, 1.82) is 0 Å². The maximum atomic E-state index is 11.3. The first kappa shape index (κ1) is 11.7. The molecule has 0 atom stereocenters. The molecule has 7 nitrogen and oxygen atoms in total. The highest BCUT2D eigenvalue weighted by atomic mass is 32.2. The van der Waals surface area contributed by atoms with Crippen molar-refractivity contribution in [2.45, 2.75) is 11.4 Å². The predicted octanol–water partition coefficient (Wildman–Crippen LogP) is -0.475. The van der Waals surface area contributed by atoms with Crippen molar-refractivity contribution in [3.05, 3.63) is 30.1 Å². The molecule has 0 aliphatic rings. The Kier molecular flexibility index (Phi) is 2.90. The Morgan fingerprint density at radius 1 is 1.29 bits per heavy atom. The quantitative estimate of drug-likeness (QED) is 0.792. The zero-order chi connectivity index (χ0) is 12.5. The van der Waals surface area contributed by atoms with Crippen molar-refractivity contribution in [3.8, 4) is 5.69 Å². The number of aromatic nitrogens is 4. The molecule has 0 unspecified atom stereocenters. The van der Waals surface area contributed by atoms with Crippen LogP contribution in [0.5, 0.6) is 0 Å². The Bertz CT molecular complexity index is 617. The molecule has 0 aliphatic carbocycles. The molecule has 17 heavy (non-hydrogen) atoms. The highest BCUT2D eigenvalue weighted by Gasteiger charge is 2.09. The number of benzene rings is 1. The van der Waals surface area contributed by atoms with Crippen molar-refractivity contribution >= 4 is 9.84 Å². The molecule has 2 N–H and O–H groups in total. The third kappa shape index (κ3) is 2.32. The van der Waals surface area contributed by atoms with Crippen molar-refractivity contribution in [2.75, 3.05) is 6.26 Å².